The molecule has 0 spiro atoms. The molecule has 0 amide bonds. The van der Waals surface area contributed by atoms with Crippen LogP contribution in [0.15, 0.2) is 53.0 Å². The molecular formula is C27H28FNO3S. The number of ether oxygens (including phenoxy) is 1. The largest absolute Gasteiger partial charge is 0.486 e. The number of hydrogen-bond acceptors (Lipinski definition) is 4. The van der Waals surface area contributed by atoms with Crippen molar-refractivity contribution in [3.63, 3.8) is 0 Å². The fourth-order valence-corrected chi connectivity index (χ4v) is 6.31. The molecule has 1 fully saturated rings. The number of halogens is 1. The first kappa shape index (κ1) is 22.2. The highest BCUT2D eigenvalue weighted by Crippen LogP contribution is 2.40. The fourth-order valence-electron chi connectivity index (χ4n) is 5.23. The molecule has 5 rings (SSSR count). The molecule has 3 aliphatic rings. The summed E-state index contributed by atoms with van der Waals surface area (Å²) < 4.78 is 19.7. The molecule has 2 aromatic carbocycles. The number of hydrogen-bond donors (Lipinski definition) is 1. The number of carboxylic acids is 1. The molecule has 4 nitrogen and oxygen atoms in total. The number of aliphatic carboxylic acids is 1. The Labute approximate surface area is 198 Å². The summed E-state index contributed by atoms with van der Waals surface area (Å²) in [5.74, 6) is 0.616. The predicted molar refractivity (Wildman–Crippen MR) is 131 cm³/mol. The van der Waals surface area contributed by atoms with E-state index in [1.54, 1.807) is 6.07 Å². The molecule has 172 valence electrons. The van der Waals surface area contributed by atoms with Gasteiger partial charge in [0.2, 0.25) is 0 Å². The molecule has 0 aromatic heterocycles. The van der Waals surface area contributed by atoms with Crippen molar-refractivity contribution in [1.82, 2.24) is 0 Å². The third-order valence-corrected chi connectivity index (χ3v) is 8.10. The van der Waals surface area contributed by atoms with Crippen LogP contribution in [0.4, 0.5) is 4.39 Å². The maximum atomic E-state index is 13.6. The van der Waals surface area contributed by atoms with E-state index >= 15 is 0 Å². The van der Waals surface area contributed by atoms with Crippen molar-refractivity contribution in [2.24, 2.45) is 4.99 Å². The predicted octanol–water partition coefficient (Wildman–Crippen LogP) is 6.25. The van der Waals surface area contributed by atoms with Gasteiger partial charge in [-0.3, -0.25) is 4.99 Å². The monoisotopic (exact) mass is 465 g/mol. The standard InChI is InChI=1S/C27H28FNO3S/c28-22-11-10-20-12-18(13-21(20)14-22)15-27(26(30)31)17-33-25(29-27)16-32-24-9-5-4-8-23(24)19-6-2-1-3-7-19/h4-5,8-12,14,19H,1-3,6-7,13,15-17H2,(H,30,31). The zero-order valence-corrected chi connectivity index (χ0v) is 19.4. The average molecular weight is 466 g/mol. The first-order valence-corrected chi connectivity index (χ1v) is 12.7. The van der Waals surface area contributed by atoms with Gasteiger partial charge in [-0.05, 0) is 60.1 Å². The zero-order valence-electron chi connectivity index (χ0n) is 18.6. The van der Waals surface area contributed by atoms with Gasteiger partial charge in [0, 0.05) is 12.2 Å². The van der Waals surface area contributed by atoms with Crippen LogP contribution >= 0.6 is 11.8 Å². The van der Waals surface area contributed by atoms with Crippen LogP contribution in [-0.2, 0) is 11.2 Å². The van der Waals surface area contributed by atoms with Crippen molar-refractivity contribution in [2.75, 3.05) is 12.4 Å². The molecule has 6 heteroatoms. The Kier molecular flexibility index (Phi) is 6.28. The lowest BCUT2D eigenvalue weighted by Gasteiger charge is -2.24. The van der Waals surface area contributed by atoms with E-state index < -0.39 is 11.5 Å². The third kappa shape index (κ3) is 4.72. The van der Waals surface area contributed by atoms with Crippen LogP contribution in [-0.4, -0.2) is 34.0 Å². The lowest BCUT2D eigenvalue weighted by atomic mass is 9.84. The van der Waals surface area contributed by atoms with Crippen molar-refractivity contribution >= 4 is 28.9 Å². The second-order valence-electron chi connectivity index (χ2n) is 9.29. The number of thioether (sulfide) groups is 1. The van der Waals surface area contributed by atoms with Crippen molar-refractivity contribution in [3.05, 3.63) is 70.5 Å². The van der Waals surface area contributed by atoms with Gasteiger partial charge >= 0.3 is 5.97 Å². The molecule has 2 aliphatic carbocycles. The number of fused-ring (bicyclic) bond motifs is 1. The van der Waals surface area contributed by atoms with Crippen molar-refractivity contribution in [1.29, 1.82) is 0 Å². The number of nitrogens with zero attached hydrogens (tertiary/aromatic N) is 1. The fraction of sp³-hybridized carbons (Fsp3) is 0.407. The number of rotatable bonds is 7. The van der Waals surface area contributed by atoms with Gasteiger partial charge in [-0.15, -0.1) is 11.8 Å². The van der Waals surface area contributed by atoms with Gasteiger partial charge in [-0.1, -0.05) is 55.2 Å². The minimum Gasteiger partial charge on any atom is -0.486 e. The summed E-state index contributed by atoms with van der Waals surface area (Å²) in [5, 5.41) is 10.8. The molecule has 1 heterocycles. The Morgan fingerprint density at radius 3 is 2.82 bits per heavy atom. The maximum absolute atomic E-state index is 13.6. The van der Waals surface area contributed by atoms with Crippen LogP contribution in [0.1, 0.15) is 61.1 Å². The zero-order chi connectivity index (χ0) is 22.8. The minimum absolute atomic E-state index is 0.265. The second kappa shape index (κ2) is 9.34. The van der Waals surface area contributed by atoms with Gasteiger partial charge < -0.3 is 9.84 Å². The van der Waals surface area contributed by atoms with E-state index in [0.29, 0.717) is 24.5 Å². The molecule has 33 heavy (non-hydrogen) atoms. The summed E-state index contributed by atoms with van der Waals surface area (Å²) in [5.41, 5.74) is 2.91. The molecule has 2 aromatic rings. The molecule has 1 atom stereocenters. The van der Waals surface area contributed by atoms with Gasteiger partial charge in [-0.25, -0.2) is 9.18 Å². The van der Waals surface area contributed by atoms with E-state index in [4.69, 9.17) is 4.74 Å². The highest BCUT2D eigenvalue weighted by Gasteiger charge is 2.44. The molecule has 1 unspecified atom stereocenters. The summed E-state index contributed by atoms with van der Waals surface area (Å²) >= 11 is 1.46. The van der Waals surface area contributed by atoms with Gasteiger partial charge in [-0.2, -0.15) is 0 Å². The number of carboxylic acid groups (broad SMARTS) is 1. The van der Waals surface area contributed by atoms with Crippen LogP contribution in [0.2, 0.25) is 0 Å². The first-order valence-electron chi connectivity index (χ1n) is 11.7. The average Bonchev–Trinajstić information content (AvgIpc) is 3.42. The van der Waals surface area contributed by atoms with Gasteiger partial charge in [0.25, 0.3) is 0 Å². The lowest BCUT2D eigenvalue weighted by Crippen LogP contribution is -2.37. The Balaban J connectivity index is 1.29. The van der Waals surface area contributed by atoms with E-state index in [0.717, 1.165) is 27.5 Å². The Morgan fingerprint density at radius 2 is 2.00 bits per heavy atom. The Bertz CT molecular complexity index is 1120. The van der Waals surface area contributed by atoms with Crippen LogP contribution in [0.25, 0.3) is 6.08 Å². The Hall–Kier alpha value is -2.60. The minimum atomic E-state index is -1.20. The molecule has 1 saturated carbocycles. The van der Waals surface area contributed by atoms with Crippen molar-refractivity contribution in [2.45, 2.75) is 56.4 Å². The van der Waals surface area contributed by atoms with Crippen molar-refractivity contribution < 1.29 is 19.0 Å². The summed E-state index contributed by atoms with van der Waals surface area (Å²) in [6.07, 6.45) is 9.09. The first-order chi connectivity index (χ1) is 16.0. The molecule has 0 radical (unpaired) electrons. The van der Waals surface area contributed by atoms with Crippen LogP contribution < -0.4 is 4.74 Å². The lowest BCUT2D eigenvalue weighted by molar-refractivity contribution is -0.142. The van der Waals surface area contributed by atoms with E-state index in [1.807, 2.05) is 18.2 Å². The molecule has 0 saturated heterocycles. The van der Waals surface area contributed by atoms with Crippen LogP contribution in [0.5, 0.6) is 5.75 Å². The van der Waals surface area contributed by atoms with Gasteiger partial charge in [0.15, 0.2) is 5.54 Å². The maximum Gasteiger partial charge on any atom is 0.332 e. The molecular weight excluding hydrogens is 437 g/mol. The van der Waals surface area contributed by atoms with E-state index in [9.17, 15) is 14.3 Å². The Morgan fingerprint density at radius 1 is 1.18 bits per heavy atom. The number of benzene rings is 2. The quantitative estimate of drug-likeness (QED) is 0.525. The normalized spacial score (nSPS) is 22.6. The summed E-state index contributed by atoms with van der Waals surface area (Å²) in [6, 6.07) is 12.9. The summed E-state index contributed by atoms with van der Waals surface area (Å²) in [7, 11) is 0. The van der Waals surface area contributed by atoms with Gasteiger partial charge in [0.1, 0.15) is 23.2 Å². The van der Waals surface area contributed by atoms with Crippen LogP contribution in [0.3, 0.4) is 0 Å². The topological polar surface area (TPSA) is 58.9 Å². The third-order valence-electron chi connectivity index (χ3n) is 6.93. The van der Waals surface area contributed by atoms with E-state index in [1.165, 1.54) is 61.6 Å². The van der Waals surface area contributed by atoms with Crippen molar-refractivity contribution in [3.8, 4) is 5.75 Å². The molecule has 1 N–H and O–H groups in total. The second-order valence-corrected chi connectivity index (χ2v) is 10.3. The highest BCUT2D eigenvalue weighted by molar-refractivity contribution is 8.14. The van der Waals surface area contributed by atoms with Crippen LogP contribution in [0, 0.1) is 5.82 Å². The number of aliphatic imine (C=N–C) groups is 1. The SMILES string of the molecule is O=C(O)C1(CC2=Cc3ccc(F)cc3C2)CSC(COc2ccccc2C2CCCCC2)=N1. The number of carbonyl (C=O) groups is 1. The highest BCUT2D eigenvalue weighted by atomic mass is 32.2. The summed E-state index contributed by atoms with van der Waals surface area (Å²) in [6.45, 7) is 0.286. The van der Waals surface area contributed by atoms with Gasteiger partial charge in [0.05, 0.1) is 0 Å². The van der Waals surface area contributed by atoms with E-state index in [2.05, 4.69) is 17.1 Å². The molecule has 1 aliphatic heterocycles. The molecule has 0 bridgehead atoms. The smallest absolute Gasteiger partial charge is 0.332 e. The van der Waals surface area contributed by atoms with E-state index in [-0.39, 0.29) is 12.4 Å². The number of para-hydroxylation sites is 1. The summed E-state index contributed by atoms with van der Waals surface area (Å²) in [4.78, 5) is 16.9.